The molecule has 0 bridgehead atoms. The van der Waals surface area contributed by atoms with E-state index < -0.39 is 0 Å². The van der Waals surface area contributed by atoms with Crippen molar-refractivity contribution >= 4 is 5.91 Å². The first-order valence-electron chi connectivity index (χ1n) is 6.50. The highest BCUT2D eigenvalue weighted by Crippen LogP contribution is 2.24. The summed E-state index contributed by atoms with van der Waals surface area (Å²) >= 11 is 0. The molecule has 0 saturated heterocycles. The first-order valence-corrected chi connectivity index (χ1v) is 6.50. The van der Waals surface area contributed by atoms with Gasteiger partial charge in [0.05, 0.1) is 6.07 Å². The highest BCUT2D eigenvalue weighted by Gasteiger charge is 2.28. The lowest BCUT2D eigenvalue weighted by molar-refractivity contribution is 0.0707. The monoisotopic (exact) mass is 259 g/mol. The molecular weight excluding hydrogens is 242 g/mol. The van der Waals surface area contributed by atoms with Crippen molar-refractivity contribution in [1.29, 1.82) is 5.26 Å². The molecule has 5 nitrogen and oxygen atoms in total. The quantitative estimate of drug-likeness (QED) is 0.837. The highest BCUT2D eigenvalue weighted by atomic mass is 16.2. The lowest BCUT2D eigenvalue weighted by Crippen LogP contribution is -2.41. The van der Waals surface area contributed by atoms with Gasteiger partial charge in [0.15, 0.2) is 5.43 Å². The summed E-state index contributed by atoms with van der Waals surface area (Å²) in [5.41, 5.74) is 0.546. The SMILES string of the molecule is Cc1cc(=O)c(C(=O)N(CC#N)C2CCCC2)c[nH]1. The largest absolute Gasteiger partial charge is 0.364 e. The van der Waals surface area contributed by atoms with E-state index >= 15 is 0 Å². The Morgan fingerprint density at radius 1 is 1.53 bits per heavy atom. The van der Waals surface area contributed by atoms with Gasteiger partial charge in [0.2, 0.25) is 0 Å². The Bertz CT molecular complexity index is 565. The maximum atomic E-state index is 12.4. The summed E-state index contributed by atoms with van der Waals surface area (Å²) in [5, 5.41) is 8.88. The molecule has 1 N–H and O–H groups in total. The van der Waals surface area contributed by atoms with E-state index in [9.17, 15) is 9.59 Å². The van der Waals surface area contributed by atoms with Crippen LogP contribution in [0.2, 0.25) is 0 Å². The Balaban J connectivity index is 2.28. The van der Waals surface area contributed by atoms with Crippen molar-refractivity contribution in [2.45, 2.75) is 38.6 Å². The van der Waals surface area contributed by atoms with E-state index in [4.69, 9.17) is 5.26 Å². The van der Waals surface area contributed by atoms with E-state index in [0.29, 0.717) is 5.69 Å². The third-order valence-corrected chi connectivity index (χ3v) is 3.56. The van der Waals surface area contributed by atoms with Gasteiger partial charge in [-0.05, 0) is 19.8 Å². The van der Waals surface area contributed by atoms with Crippen LogP contribution in [-0.2, 0) is 0 Å². The number of hydrogen-bond acceptors (Lipinski definition) is 3. The van der Waals surface area contributed by atoms with Crippen LogP contribution in [0.5, 0.6) is 0 Å². The van der Waals surface area contributed by atoms with Gasteiger partial charge in [-0.1, -0.05) is 12.8 Å². The number of carbonyl (C=O) groups excluding carboxylic acids is 1. The number of pyridine rings is 1. The number of amides is 1. The number of aromatic nitrogens is 1. The van der Waals surface area contributed by atoms with Crippen LogP contribution >= 0.6 is 0 Å². The molecule has 0 aliphatic heterocycles. The molecule has 1 saturated carbocycles. The van der Waals surface area contributed by atoms with Crippen LogP contribution < -0.4 is 5.43 Å². The zero-order valence-corrected chi connectivity index (χ0v) is 11.0. The zero-order chi connectivity index (χ0) is 13.8. The number of nitrogens with one attached hydrogen (secondary N) is 1. The number of nitriles is 1. The molecule has 100 valence electrons. The van der Waals surface area contributed by atoms with Crippen LogP contribution in [0.15, 0.2) is 17.1 Å². The van der Waals surface area contributed by atoms with E-state index in [0.717, 1.165) is 25.7 Å². The third kappa shape index (κ3) is 2.84. The second-order valence-electron chi connectivity index (χ2n) is 4.92. The second kappa shape index (κ2) is 5.70. The Morgan fingerprint density at radius 3 is 2.79 bits per heavy atom. The molecule has 19 heavy (non-hydrogen) atoms. The van der Waals surface area contributed by atoms with Crippen molar-refractivity contribution in [2.24, 2.45) is 0 Å². The summed E-state index contributed by atoms with van der Waals surface area (Å²) in [4.78, 5) is 28.7. The van der Waals surface area contributed by atoms with Gasteiger partial charge in [-0.3, -0.25) is 9.59 Å². The van der Waals surface area contributed by atoms with Gasteiger partial charge < -0.3 is 9.88 Å². The minimum Gasteiger partial charge on any atom is -0.364 e. The number of rotatable bonds is 3. The van der Waals surface area contributed by atoms with E-state index in [2.05, 4.69) is 4.98 Å². The molecule has 0 radical (unpaired) electrons. The fourth-order valence-corrected chi connectivity index (χ4v) is 2.55. The van der Waals surface area contributed by atoms with Gasteiger partial charge >= 0.3 is 0 Å². The van der Waals surface area contributed by atoms with Gasteiger partial charge in [0.25, 0.3) is 5.91 Å². The third-order valence-electron chi connectivity index (χ3n) is 3.56. The van der Waals surface area contributed by atoms with Crippen molar-refractivity contribution in [3.63, 3.8) is 0 Å². The zero-order valence-electron chi connectivity index (χ0n) is 11.0. The Kier molecular flexibility index (Phi) is 4.00. The van der Waals surface area contributed by atoms with Crippen molar-refractivity contribution in [3.8, 4) is 6.07 Å². The molecule has 1 aliphatic rings. The van der Waals surface area contributed by atoms with Gasteiger partial charge in [-0.2, -0.15) is 5.26 Å². The number of H-pyrrole nitrogens is 1. The minimum absolute atomic E-state index is 0.0385. The van der Waals surface area contributed by atoms with Crippen molar-refractivity contribution in [3.05, 3.63) is 33.7 Å². The first-order chi connectivity index (χ1) is 9.13. The number of hydrogen-bond donors (Lipinski definition) is 1. The lowest BCUT2D eigenvalue weighted by atomic mass is 10.1. The Morgan fingerprint density at radius 2 is 2.21 bits per heavy atom. The summed E-state index contributed by atoms with van der Waals surface area (Å²) in [5.74, 6) is -0.338. The standard InChI is InChI=1S/C14H17N3O2/c1-10-8-13(18)12(9-16-10)14(19)17(7-6-15)11-4-2-3-5-11/h8-9,11H,2-5,7H2,1H3,(H,16,18). The second-order valence-corrected chi connectivity index (χ2v) is 4.92. The number of carbonyl (C=O) groups is 1. The summed E-state index contributed by atoms with van der Waals surface area (Å²) in [6.45, 7) is 1.80. The summed E-state index contributed by atoms with van der Waals surface area (Å²) < 4.78 is 0. The van der Waals surface area contributed by atoms with Gasteiger partial charge in [0, 0.05) is 24.0 Å². The molecule has 1 heterocycles. The number of aryl methyl sites for hydroxylation is 1. The van der Waals surface area contributed by atoms with Crippen LogP contribution in [0.4, 0.5) is 0 Å². The van der Waals surface area contributed by atoms with E-state index in [1.54, 1.807) is 6.92 Å². The predicted octanol–water partition coefficient (Wildman–Crippen LogP) is 1.59. The maximum absolute atomic E-state index is 12.4. The summed E-state index contributed by atoms with van der Waals surface area (Å²) in [7, 11) is 0. The van der Waals surface area contributed by atoms with E-state index in [-0.39, 0.29) is 29.5 Å². The van der Waals surface area contributed by atoms with E-state index in [1.807, 2.05) is 6.07 Å². The fraction of sp³-hybridized carbons (Fsp3) is 0.500. The molecule has 1 aliphatic carbocycles. The average Bonchev–Trinajstić information content (AvgIpc) is 2.89. The Labute approximate surface area is 111 Å². The van der Waals surface area contributed by atoms with Crippen molar-refractivity contribution in [1.82, 2.24) is 9.88 Å². The molecule has 0 atom stereocenters. The first kappa shape index (κ1) is 13.3. The normalized spacial score (nSPS) is 15.2. The fourth-order valence-electron chi connectivity index (χ4n) is 2.55. The van der Waals surface area contributed by atoms with Crippen molar-refractivity contribution < 1.29 is 4.79 Å². The Hall–Kier alpha value is -2.09. The average molecular weight is 259 g/mol. The van der Waals surface area contributed by atoms with Crippen LogP contribution in [0.1, 0.15) is 41.7 Å². The number of aromatic amines is 1. The van der Waals surface area contributed by atoms with Crippen LogP contribution in [0.25, 0.3) is 0 Å². The minimum atomic E-state index is -0.338. The van der Waals surface area contributed by atoms with Gasteiger partial charge in [0.1, 0.15) is 12.1 Å². The molecule has 0 unspecified atom stereocenters. The molecule has 2 rings (SSSR count). The molecule has 5 heteroatoms. The smallest absolute Gasteiger partial charge is 0.260 e. The molecule has 0 spiro atoms. The van der Waals surface area contributed by atoms with Gasteiger partial charge in [-0.25, -0.2) is 0 Å². The van der Waals surface area contributed by atoms with Crippen molar-refractivity contribution in [2.75, 3.05) is 6.54 Å². The summed E-state index contributed by atoms with van der Waals surface area (Å²) in [6.07, 6.45) is 5.42. The number of nitrogens with zero attached hydrogens (tertiary/aromatic N) is 2. The molecule has 1 fully saturated rings. The van der Waals surface area contributed by atoms with Gasteiger partial charge in [-0.15, -0.1) is 0 Å². The lowest BCUT2D eigenvalue weighted by Gasteiger charge is -2.26. The molecular formula is C14H17N3O2. The van der Waals surface area contributed by atoms with E-state index in [1.165, 1.54) is 17.2 Å². The van der Waals surface area contributed by atoms with Crippen LogP contribution in [0.3, 0.4) is 0 Å². The molecule has 1 aromatic heterocycles. The highest BCUT2D eigenvalue weighted by molar-refractivity contribution is 5.94. The molecule has 1 aromatic rings. The van der Waals surface area contributed by atoms with Crippen LogP contribution in [-0.4, -0.2) is 28.4 Å². The molecule has 1 amide bonds. The molecule has 0 aromatic carbocycles. The predicted molar refractivity (Wildman–Crippen MR) is 70.7 cm³/mol. The van der Waals surface area contributed by atoms with Crippen LogP contribution in [0, 0.1) is 18.3 Å². The topological polar surface area (TPSA) is 77.0 Å². The maximum Gasteiger partial charge on any atom is 0.260 e. The summed E-state index contributed by atoms with van der Waals surface area (Å²) in [6, 6.07) is 3.52.